The zero-order valence-corrected chi connectivity index (χ0v) is 3.86. The topological polar surface area (TPSA) is 27.0 Å². The van der Waals surface area contributed by atoms with Gasteiger partial charge in [-0.05, 0) is 0 Å². The fourth-order valence-corrected chi connectivity index (χ4v) is 0.343. The molecule has 8 heavy (non-hydrogen) atoms. The summed E-state index contributed by atoms with van der Waals surface area (Å²) in [6.45, 7) is 0. The molecule has 4 heteroatoms. The maximum absolute atomic E-state index is 11.8. The van der Waals surface area contributed by atoms with E-state index >= 15 is 0 Å². The second-order valence-corrected chi connectivity index (χ2v) is 1.20. The van der Waals surface area contributed by atoms with E-state index in [1.165, 1.54) is 0 Å². The number of nitrogens with one attached hydrogen (secondary N) is 1. The Bertz CT molecular complexity index is 172. The van der Waals surface area contributed by atoms with Crippen LogP contribution in [0, 0.1) is 12.0 Å². The average Bonchev–Trinajstić information content (AvgIpc) is 1.64. The van der Waals surface area contributed by atoms with Gasteiger partial charge in [-0.1, -0.05) is 0 Å². The molecule has 0 spiro atoms. The minimum atomic E-state index is -0.912. The first-order chi connectivity index (χ1) is 3.79. The Morgan fingerprint density at radius 3 is 2.62 bits per heavy atom. The first-order valence-corrected chi connectivity index (χ1v) is 1.99. The number of halogens is 2. The van der Waals surface area contributed by atoms with Crippen LogP contribution in [0.2, 0.25) is 0 Å². The molecule has 0 aliphatic heterocycles. The molecule has 1 N–H and O–H groups in total. The Hall–Kier alpha value is -1.06. The monoisotopic (exact) mass is 117 g/mol. The zero-order chi connectivity index (χ0) is 5.98. The molecule has 0 atom stereocenters. The number of hydrogen-bond acceptors (Lipinski definition) is 1. The van der Waals surface area contributed by atoms with E-state index in [1.54, 1.807) is 0 Å². The van der Waals surface area contributed by atoms with Crippen molar-refractivity contribution in [3.63, 3.8) is 0 Å². The second kappa shape index (κ2) is 1.81. The van der Waals surface area contributed by atoms with Crippen molar-refractivity contribution < 1.29 is 13.8 Å². The number of H-pyrrole nitrogens is 1. The van der Waals surface area contributed by atoms with Gasteiger partial charge in [-0.25, -0.2) is 4.98 Å². The molecule has 0 saturated carbocycles. The highest BCUT2D eigenvalue weighted by molar-refractivity contribution is 4.74. The van der Waals surface area contributed by atoms with E-state index in [0.717, 1.165) is 12.3 Å². The van der Waals surface area contributed by atoms with Crippen molar-refractivity contribution in [2.45, 2.75) is 0 Å². The summed E-state index contributed by atoms with van der Waals surface area (Å²) in [5, 5.41) is 0. The fraction of sp³-hybridized carbons (Fsp3) is 0. The van der Waals surface area contributed by atoms with Gasteiger partial charge in [0, 0.05) is 4.98 Å². The molecule has 0 fully saturated rings. The number of rotatable bonds is 0. The molecule has 1 rings (SSSR count). The Labute approximate surface area is 44.2 Å². The molecular formula is C4H3F2N2+. The lowest BCUT2D eigenvalue weighted by Crippen LogP contribution is -2.10. The van der Waals surface area contributed by atoms with E-state index in [-0.39, 0.29) is 0 Å². The van der Waals surface area contributed by atoms with Gasteiger partial charge >= 0.3 is 12.0 Å². The maximum Gasteiger partial charge on any atom is 0.488 e. The Kier molecular flexibility index (Phi) is 1.15. The smallest absolute Gasteiger partial charge is 0.217 e. The molecule has 0 aromatic carbocycles. The molecule has 1 heterocycles. The minimum Gasteiger partial charge on any atom is -0.217 e. The van der Waals surface area contributed by atoms with Crippen LogP contribution in [0.4, 0.5) is 8.78 Å². The van der Waals surface area contributed by atoms with Crippen LogP contribution in [-0.2, 0) is 0 Å². The summed E-state index contributed by atoms with van der Waals surface area (Å²) in [4.78, 5) is 4.84. The van der Waals surface area contributed by atoms with Gasteiger partial charge in [-0.3, -0.25) is 0 Å². The fourth-order valence-electron chi connectivity index (χ4n) is 0.343. The highest BCUT2D eigenvalue weighted by Crippen LogP contribution is 1.84. The molecule has 2 nitrogen and oxygen atoms in total. The van der Waals surface area contributed by atoms with Crippen molar-refractivity contribution in [3.05, 3.63) is 24.3 Å². The van der Waals surface area contributed by atoms with Crippen LogP contribution >= 0.6 is 0 Å². The molecular weight excluding hydrogens is 114 g/mol. The first-order valence-electron chi connectivity index (χ1n) is 1.99. The van der Waals surface area contributed by atoms with Crippen LogP contribution in [-0.4, -0.2) is 4.98 Å². The van der Waals surface area contributed by atoms with Crippen LogP contribution in [0.25, 0.3) is 0 Å². The highest BCUT2D eigenvalue weighted by atomic mass is 19.1. The summed E-state index contributed by atoms with van der Waals surface area (Å²) in [5.74, 6) is -0.818. The number of aromatic nitrogens is 2. The normalized spacial score (nSPS) is 9.25. The van der Waals surface area contributed by atoms with Crippen molar-refractivity contribution in [1.29, 1.82) is 0 Å². The van der Waals surface area contributed by atoms with Crippen LogP contribution in [0.15, 0.2) is 12.3 Å². The van der Waals surface area contributed by atoms with Crippen LogP contribution in [0.5, 0.6) is 0 Å². The van der Waals surface area contributed by atoms with Gasteiger partial charge in [0.25, 0.3) is 0 Å². The minimum absolute atomic E-state index is 0.818. The molecule has 0 unspecified atom stereocenters. The molecule has 1 aromatic heterocycles. The largest absolute Gasteiger partial charge is 0.488 e. The van der Waals surface area contributed by atoms with Gasteiger partial charge in [-0.15, -0.1) is 4.39 Å². The molecule has 1 aromatic rings. The molecule has 0 bridgehead atoms. The predicted molar refractivity (Wildman–Crippen MR) is 20.7 cm³/mol. The van der Waals surface area contributed by atoms with E-state index in [9.17, 15) is 8.78 Å². The molecule has 0 radical (unpaired) electrons. The third-order valence-electron chi connectivity index (χ3n) is 0.628. The van der Waals surface area contributed by atoms with E-state index in [4.69, 9.17) is 0 Å². The summed E-state index contributed by atoms with van der Waals surface area (Å²) in [5.41, 5.74) is 0. The van der Waals surface area contributed by atoms with Crippen molar-refractivity contribution in [2.75, 3.05) is 0 Å². The van der Waals surface area contributed by atoms with Crippen molar-refractivity contribution >= 4 is 0 Å². The lowest BCUT2D eigenvalue weighted by atomic mass is 10.7. The summed E-state index contributed by atoms with van der Waals surface area (Å²) in [6.07, 6.45) is 0.225. The molecule has 0 aliphatic rings. The van der Waals surface area contributed by atoms with Gasteiger partial charge in [0.2, 0.25) is 0 Å². The first kappa shape index (κ1) is 5.08. The summed E-state index contributed by atoms with van der Waals surface area (Å²) >= 11 is 0. The summed E-state index contributed by atoms with van der Waals surface area (Å²) in [7, 11) is 0. The highest BCUT2D eigenvalue weighted by Gasteiger charge is 2.02. The summed E-state index contributed by atoms with van der Waals surface area (Å²) < 4.78 is 23.6. The Morgan fingerprint density at radius 1 is 1.50 bits per heavy atom. The third kappa shape index (κ3) is 0.959. The van der Waals surface area contributed by atoms with Crippen molar-refractivity contribution in [1.82, 2.24) is 4.98 Å². The van der Waals surface area contributed by atoms with Gasteiger partial charge in [-0.2, -0.15) is 4.39 Å². The summed E-state index contributed by atoms with van der Waals surface area (Å²) in [6, 6.07) is 1.03. The lowest BCUT2D eigenvalue weighted by molar-refractivity contribution is -0.429. The Balaban J connectivity index is 3.08. The molecule has 0 saturated heterocycles. The quantitative estimate of drug-likeness (QED) is 0.351. The predicted octanol–water partition coefficient (Wildman–Crippen LogP) is 0.174. The van der Waals surface area contributed by atoms with Crippen LogP contribution in [0.1, 0.15) is 0 Å². The van der Waals surface area contributed by atoms with Crippen LogP contribution < -0.4 is 4.98 Å². The standard InChI is InChI=1S/C4H2F2N2/c5-3-1-2-7-4(6)8-3/h1-2H/p+1. The van der Waals surface area contributed by atoms with Gasteiger partial charge in [0.15, 0.2) is 0 Å². The van der Waals surface area contributed by atoms with E-state index in [1.807, 2.05) is 0 Å². The maximum atomic E-state index is 11.8. The SMILES string of the molecule is Fc1cc[nH+]c(F)n1. The third-order valence-corrected chi connectivity index (χ3v) is 0.628. The number of nitrogens with zero attached hydrogens (tertiary/aromatic N) is 1. The van der Waals surface area contributed by atoms with Gasteiger partial charge in [0.05, 0.1) is 12.3 Å². The number of aromatic amines is 1. The molecule has 0 amide bonds. The lowest BCUT2D eigenvalue weighted by Gasteiger charge is -1.72. The van der Waals surface area contributed by atoms with Crippen molar-refractivity contribution in [2.24, 2.45) is 0 Å². The van der Waals surface area contributed by atoms with E-state index in [2.05, 4.69) is 9.97 Å². The molecule has 0 aliphatic carbocycles. The molecule has 42 valence electrons. The van der Waals surface area contributed by atoms with Crippen molar-refractivity contribution in [3.8, 4) is 0 Å². The van der Waals surface area contributed by atoms with E-state index < -0.39 is 12.0 Å². The number of hydrogen-bond donors (Lipinski definition) is 0. The van der Waals surface area contributed by atoms with Gasteiger partial charge < -0.3 is 0 Å². The average molecular weight is 117 g/mol. The van der Waals surface area contributed by atoms with E-state index in [0.29, 0.717) is 0 Å². The van der Waals surface area contributed by atoms with Gasteiger partial charge in [0.1, 0.15) is 0 Å². The Morgan fingerprint density at radius 2 is 2.25 bits per heavy atom. The van der Waals surface area contributed by atoms with Crippen LogP contribution in [0.3, 0.4) is 0 Å². The zero-order valence-electron chi connectivity index (χ0n) is 3.86. The second-order valence-electron chi connectivity index (χ2n) is 1.20.